The summed E-state index contributed by atoms with van der Waals surface area (Å²) < 4.78 is 5.19. The van der Waals surface area contributed by atoms with E-state index in [1.807, 2.05) is 12.1 Å². The Morgan fingerprint density at radius 1 is 1.29 bits per heavy atom. The predicted molar refractivity (Wildman–Crippen MR) is 89.9 cm³/mol. The van der Waals surface area contributed by atoms with Crippen molar-refractivity contribution in [2.24, 2.45) is 5.92 Å². The molecule has 0 saturated heterocycles. The maximum Gasteiger partial charge on any atom is 0.118 e. The van der Waals surface area contributed by atoms with Gasteiger partial charge in [-0.25, -0.2) is 0 Å². The Labute approximate surface area is 129 Å². The van der Waals surface area contributed by atoms with E-state index in [9.17, 15) is 0 Å². The molecule has 1 aliphatic carbocycles. The van der Waals surface area contributed by atoms with Gasteiger partial charge in [-0.3, -0.25) is 0 Å². The van der Waals surface area contributed by atoms with E-state index in [1.165, 1.54) is 31.2 Å². The van der Waals surface area contributed by atoms with Gasteiger partial charge < -0.3 is 10.1 Å². The molecule has 21 heavy (non-hydrogen) atoms. The molecule has 0 bridgehead atoms. The van der Waals surface area contributed by atoms with E-state index in [4.69, 9.17) is 4.74 Å². The molecule has 2 atom stereocenters. The highest BCUT2D eigenvalue weighted by atomic mass is 16.5. The van der Waals surface area contributed by atoms with Crippen molar-refractivity contribution < 1.29 is 4.74 Å². The van der Waals surface area contributed by atoms with Crippen LogP contribution >= 0.6 is 0 Å². The van der Waals surface area contributed by atoms with Gasteiger partial charge in [0.1, 0.15) is 5.75 Å². The van der Waals surface area contributed by atoms with Gasteiger partial charge >= 0.3 is 0 Å². The second-order valence-corrected chi connectivity index (χ2v) is 6.36. The van der Waals surface area contributed by atoms with Gasteiger partial charge in [-0.05, 0) is 62.6 Å². The molecule has 2 heteroatoms. The van der Waals surface area contributed by atoms with Crippen LogP contribution in [0.4, 0.5) is 0 Å². The van der Waals surface area contributed by atoms with Crippen molar-refractivity contribution in [3.63, 3.8) is 0 Å². The normalized spacial score (nSPS) is 20.0. The molecule has 0 spiro atoms. The van der Waals surface area contributed by atoms with E-state index in [0.29, 0.717) is 6.04 Å². The molecule has 1 N–H and O–H groups in total. The van der Waals surface area contributed by atoms with Gasteiger partial charge in [0.15, 0.2) is 0 Å². The number of hydrogen-bond acceptors (Lipinski definition) is 2. The summed E-state index contributed by atoms with van der Waals surface area (Å²) in [5.41, 5.74) is 2.99. The zero-order valence-corrected chi connectivity index (χ0v) is 13.7. The molecular formula is C19H29NO. The minimum absolute atomic E-state index is 0.560. The number of rotatable bonds is 7. The third-order valence-electron chi connectivity index (χ3n) is 4.38. The van der Waals surface area contributed by atoms with E-state index in [-0.39, 0.29) is 0 Å². The van der Waals surface area contributed by atoms with E-state index < -0.39 is 0 Å². The zero-order chi connectivity index (χ0) is 15.1. The average molecular weight is 287 g/mol. The van der Waals surface area contributed by atoms with Crippen LogP contribution in [-0.4, -0.2) is 19.7 Å². The van der Waals surface area contributed by atoms with E-state index in [0.717, 1.165) is 24.6 Å². The summed E-state index contributed by atoms with van der Waals surface area (Å²) in [6.07, 6.45) is 8.75. The van der Waals surface area contributed by atoms with Crippen molar-refractivity contribution >= 4 is 0 Å². The summed E-state index contributed by atoms with van der Waals surface area (Å²) in [4.78, 5) is 0. The second-order valence-electron chi connectivity index (χ2n) is 6.36. The zero-order valence-electron chi connectivity index (χ0n) is 13.7. The molecule has 0 heterocycles. The van der Waals surface area contributed by atoms with Crippen LogP contribution in [-0.2, 0) is 6.42 Å². The largest absolute Gasteiger partial charge is 0.497 e. The summed E-state index contributed by atoms with van der Waals surface area (Å²) in [5, 5.41) is 3.67. The van der Waals surface area contributed by atoms with Gasteiger partial charge in [0, 0.05) is 12.6 Å². The van der Waals surface area contributed by atoms with Crippen LogP contribution in [0.5, 0.6) is 5.75 Å². The maximum absolute atomic E-state index is 5.19. The van der Waals surface area contributed by atoms with Crippen LogP contribution in [0.25, 0.3) is 0 Å². The molecule has 1 aromatic carbocycles. The fraction of sp³-hybridized carbons (Fsp3) is 0.579. The highest BCUT2D eigenvalue weighted by molar-refractivity contribution is 5.27. The van der Waals surface area contributed by atoms with Gasteiger partial charge in [0.25, 0.3) is 0 Å². The molecular weight excluding hydrogens is 258 g/mol. The highest BCUT2D eigenvalue weighted by Crippen LogP contribution is 2.21. The van der Waals surface area contributed by atoms with Gasteiger partial charge in [-0.2, -0.15) is 0 Å². The Bertz CT molecular complexity index is 449. The summed E-state index contributed by atoms with van der Waals surface area (Å²) in [7, 11) is 1.71. The monoisotopic (exact) mass is 287 g/mol. The Balaban J connectivity index is 1.70. The van der Waals surface area contributed by atoms with E-state index >= 15 is 0 Å². The highest BCUT2D eigenvalue weighted by Gasteiger charge is 2.10. The summed E-state index contributed by atoms with van der Waals surface area (Å²) in [5.74, 6) is 1.70. The third-order valence-corrected chi connectivity index (χ3v) is 4.38. The minimum Gasteiger partial charge on any atom is -0.497 e. The van der Waals surface area contributed by atoms with Crippen molar-refractivity contribution in [2.45, 2.75) is 52.0 Å². The maximum atomic E-state index is 5.19. The summed E-state index contributed by atoms with van der Waals surface area (Å²) in [6, 6.07) is 8.97. The molecule has 0 aliphatic heterocycles. The van der Waals surface area contributed by atoms with Crippen molar-refractivity contribution in [2.75, 3.05) is 13.7 Å². The number of nitrogens with one attached hydrogen (secondary N) is 1. The molecule has 2 unspecified atom stereocenters. The van der Waals surface area contributed by atoms with Gasteiger partial charge in [-0.15, -0.1) is 0 Å². The molecule has 0 amide bonds. The molecule has 0 radical (unpaired) electrons. The Hall–Kier alpha value is -1.28. The number of methoxy groups -OCH3 is 1. The van der Waals surface area contributed by atoms with E-state index in [1.54, 1.807) is 12.7 Å². The quantitative estimate of drug-likeness (QED) is 0.753. The Morgan fingerprint density at radius 2 is 2.05 bits per heavy atom. The van der Waals surface area contributed by atoms with Crippen LogP contribution < -0.4 is 10.1 Å². The number of benzene rings is 1. The van der Waals surface area contributed by atoms with Gasteiger partial charge in [-0.1, -0.05) is 30.7 Å². The number of aryl methyl sites for hydroxylation is 1. The minimum atomic E-state index is 0.560. The lowest BCUT2D eigenvalue weighted by Gasteiger charge is -2.20. The first-order chi connectivity index (χ1) is 10.2. The van der Waals surface area contributed by atoms with Crippen LogP contribution in [0.2, 0.25) is 0 Å². The lowest BCUT2D eigenvalue weighted by Crippen LogP contribution is -2.29. The van der Waals surface area contributed by atoms with E-state index in [2.05, 4.69) is 37.4 Å². The van der Waals surface area contributed by atoms with Crippen LogP contribution in [0.15, 0.2) is 35.9 Å². The molecule has 1 aromatic rings. The number of ether oxygens (including phenoxy) is 1. The lowest BCUT2D eigenvalue weighted by molar-refractivity contribution is 0.414. The first-order valence-corrected chi connectivity index (χ1v) is 8.23. The molecule has 116 valence electrons. The van der Waals surface area contributed by atoms with Crippen molar-refractivity contribution in [1.29, 1.82) is 0 Å². The van der Waals surface area contributed by atoms with Gasteiger partial charge in [0.2, 0.25) is 0 Å². The Morgan fingerprint density at radius 3 is 2.71 bits per heavy atom. The number of allylic oxidation sites excluding steroid dienone is 1. The molecule has 2 nitrogen and oxygen atoms in total. The summed E-state index contributed by atoms with van der Waals surface area (Å²) >= 11 is 0. The molecule has 0 aromatic heterocycles. The third kappa shape index (κ3) is 5.55. The van der Waals surface area contributed by atoms with Gasteiger partial charge in [0.05, 0.1) is 7.11 Å². The SMILES string of the molecule is COc1ccc(CCC(C)NCC2=CC(C)CCC2)cc1. The first kappa shape index (κ1) is 16.1. The fourth-order valence-corrected chi connectivity index (χ4v) is 2.95. The molecule has 1 aliphatic rings. The van der Waals surface area contributed by atoms with Crippen molar-refractivity contribution in [3.05, 3.63) is 41.5 Å². The van der Waals surface area contributed by atoms with Crippen molar-refractivity contribution in [1.82, 2.24) is 5.32 Å². The number of hydrogen-bond donors (Lipinski definition) is 1. The molecule has 2 rings (SSSR count). The fourth-order valence-electron chi connectivity index (χ4n) is 2.95. The predicted octanol–water partition coefficient (Wildman–Crippen LogP) is 4.35. The average Bonchev–Trinajstić information content (AvgIpc) is 2.51. The van der Waals surface area contributed by atoms with Crippen molar-refractivity contribution in [3.8, 4) is 5.75 Å². The Kier molecular flexibility index (Phi) is 6.31. The second kappa shape index (κ2) is 8.23. The topological polar surface area (TPSA) is 21.3 Å². The molecule has 0 saturated carbocycles. The summed E-state index contributed by atoms with van der Waals surface area (Å²) in [6.45, 7) is 5.68. The van der Waals surface area contributed by atoms with Crippen LogP contribution in [0.1, 0.15) is 45.1 Å². The van der Waals surface area contributed by atoms with Crippen LogP contribution in [0, 0.1) is 5.92 Å². The van der Waals surface area contributed by atoms with Crippen LogP contribution in [0.3, 0.4) is 0 Å². The molecule has 0 fully saturated rings. The smallest absolute Gasteiger partial charge is 0.118 e. The standard InChI is InChI=1S/C19H29NO/c1-15-5-4-6-18(13-15)14-20-16(2)7-8-17-9-11-19(21-3)12-10-17/h9-13,15-16,20H,4-8,14H2,1-3H3. The lowest BCUT2D eigenvalue weighted by atomic mass is 9.92. The first-order valence-electron chi connectivity index (χ1n) is 8.23.